The van der Waals surface area contributed by atoms with E-state index in [9.17, 15) is 14.4 Å². The van der Waals surface area contributed by atoms with Gasteiger partial charge in [-0.3, -0.25) is 9.59 Å². The van der Waals surface area contributed by atoms with Crippen molar-refractivity contribution in [2.24, 2.45) is 0 Å². The van der Waals surface area contributed by atoms with Crippen molar-refractivity contribution in [1.29, 1.82) is 0 Å². The van der Waals surface area contributed by atoms with E-state index in [1.165, 1.54) is 0 Å². The molecule has 1 aliphatic rings. The molecule has 1 heterocycles. The molecule has 2 aromatic rings. The van der Waals surface area contributed by atoms with Gasteiger partial charge in [-0.2, -0.15) is 0 Å². The first kappa shape index (κ1) is 19.9. The molecule has 1 atom stereocenters. The SMILES string of the molecule is C[C@@H](NC(=O)COC(=O)c1ccc(N2CCCC2=O)cc1)c1ccccc1Cl. The standard InChI is InChI=1S/C21H21ClN2O4/c1-14(17-5-2-3-6-18(17)22)23-19(25)13-28-21(27)15-8-10-16(11-9-15)24-12-4-7-20(24)26/h2-3,5-6,8-11,14H,4,7,12-13H2,1H3,(H,23,25)/t14-/m1/s1. The quantitative estimate of drug-likeness (QED) is 0.753. The van der Waals surface area contributed by atoms with E-state index in [1.54, 1.807) is 42.2 Å². The first-order valence-corrected chi connectivity index (χ1v) is 9.45. The number of hydrogen-bond donors (Lipinski definition) is 1. The molecule has 0 aromatic heterocycles. The first-order valence-electron chi connectivity index (χ1n) is 9.07. The number of carbonyl (C=O) groups excluding carboxylic acids is 3. The normalized spacial score (nSPS) is 14.6. The lowest BCUT2D eigenvalue weighted by atomic mass is 10.1. The number of rotatable bonds is 6. The largest absolute Gasteiger partial charge is 0.452 e. The Bertz CT molecular complexity index is 882. The van der Waals surface area contributed by atoms with Gasteiger partial charge in [0.15, 0.2) is 6.61 Å². The number of ether oxygens (including phenoxy) is 1. The van der Waals surface area contributed by atoms with Crippen LogP contribution in [0.15, 0.2) is 48.5 Å². The zero-order chi connectivity index (χ0) is 20.1. The smallest absolute Gasteiger partial charge is 0.338 e. The number of halogens is 1. The van der Waals surface area contributed by atoms with Crippen molar-refractivity contribution < 1.29 is 19.1 Å². The summed E-state index contributed by atoms with van der Waals surface area (Å²) in [6.45, 7) is 2.10. The maximum absolute atomic E-state index is 12.2. The molecule has 1 N–H and O–H groups in total. The molecule has 1 aliphatic heterocycles. The Labute approximate surface area is 168 Å². The zero-order valence-electron chi connectivity index (χ0n) is 15.5. The van der Waals surface area contributed by atoms with E-state index in [2.05, 4.69) is 5.32 Å². The van der Waals surface area contributed by atoms with Crippen molar-refractivity contribution in [2.75, 3.05) is 18.1 Å². The lowest BCUT2D eigenvalue weighted by Gasteiger charge is -2.16. The Balaban J connectivity index is 1.51. The average molecular weight is 401 g/mol. The van der Waals surface area contributed by atoms with E-state index in [0.29, 0.717) is 23.6 Å². The molecule has 6 nitrogen and oxygen atoms in total. The summed E-state index contributed by atoms with van der Waals surface area (Å²) in [6.07, 6.45) is 1.38. The molecule has 0 radical (unpaired) electrons. The molecular weight excluding hydrogens is 380 g/mol. The van der Waals surface area contributed by atoms with E-state index in [0.717, 1.165) is 17.7 Å². The van der Waals surface area contributed by atoms with Gasteiger partial charge in [-0.25, -0.2) is 4.79 Å². The van der Waals surface area contributed by atoms with Gasteiger partial charge in [-0.05, 0) is 49.2 Å². The van der Waals surface area contributed by atoms with Crippen molar-refractivity contribution >= 4 is 35.1 Å². The maximum atomic E-state index is 12.2. The summed E-state index contributed by atoms with van der Waals surface area (Å²) in [5, 5.41) is 3.31. The van der Waals surface area contributed by atoms with Crippen molar-refractivity contribution in [3.63, 3.8) is 0 Å². The molecule has 28 heavy (non-hydrogen) atoms. The Kier molecular flexibility index (Phi) is 6.31. The summed E-state index contributed by atoms with van der Waals surface area (Å²) in [4.78, 5) is 37.7. The summed E-state index contributed by atoms with van der Waals surface area (Å²) in [5.74, 6) is -0.931. The number of anilines is 1. The highest BCUT2D eigenvalue weighted by molar-refractivity contribution is 6.31. The van der Waals surface area contributed by atoms with Crippen LogP contribution in [-0.4, -0.2) is 30.9 Å². The number of carbonyl (C=O) groups is 3. The van der Waals surface area contributed by atoms with Crippen LogP contribution in [0.25, 0.3) is 0 Å². The number of benzene rings is 2. The fraction of sp³-hybridized carbons (Fsp3) is 0.286. The Morgan fingerprint density at radius 2 is 1.89 bits per heavy atom. The molecule has 0 saturated carbocycles. The third-order valence-corrected chi connectivity index (χ3v) is 4.92. The van der Waals surface area contributed by atoms with Gasteiger partial charge >= 0.3 is 5.97 Å². The van der Waals surface area contributed by atoms with Gasteiger partial charge in [0.1, 0.15) is 0 Å². The molecule has 0 aliphatic carbocycles. The maximum Gasteiger partial charge on any atom is 0.338 e. The van der Waals surface area contributed by atoms with E-state index in [-0.39, 0.29) is 18.6 Å². The number of esters is 1. The first-order chi connectivity index (χ1) is 13.5. The van der Waals surface area contributed by atoms with Gasteiger partial charge in [0, 0.05) is 23.7 Å². The molecule has 146 valence electrons. The topological polar surface area (TPSA) is 75.7 Å². The van der Waals surface area contributed by atoms with Crippen LogP contribution in [0.1, 0.15) is 41.7 Å². The third-order valence-electron chi connectivity index (χ3n) is 4.57. The number of hydrogen-bond acceptors (Lipinski definition) is 4. The molecule has 0 bridgehead atoms. The van der Waals surface area contributed by atoms with Crippen molar-refractivity contribution in [3.8, 4) is 0 Å². The molecule has 7 heteroatoms. The monoisotopic (exact) mass is 400 g/mol. The molecule has 0 unspecified atom stereocenters. The van der Waals surface area contributed by atoms with E-state index in [1.807, 2.05) is 18.2 Å². The summed E-state index contributed by atoms with van der Waals surface area (Å²) in [5.41, 5.74) is 1.86. The van der Waals surface area contributed by atoms with E-state index >= 15 is 0 Å². The van der Waals surface area contributed by atoms with Gasteiger partial charge < -0.3 is 15.0 Å². The van der Waals surface area contributed by atoms with Crippen LogP contribution < -0.4 is 10.2 Å². The summed E-state index contributed by atoms with van der Waals surface area (Å²) in [7, 11) is 0. The molecular formula is C21H21ClN2O4. The highest BCUT2D eigenvalue weighted by Gasteiger charge is 2.22. The lowest BCUT2D eigenvalue weighted by molar-refractivity contribution is -0.124. The van der Waals surface area contributed by atoms with Gasteiger partial charge in [0.05, 0.1) is 11.6 Å². The van der Waals surface area contributed by atoms with Crippen molar-refractivity contribution in [3.05, 3.63) is 64.7 Å². The highest BCUT2D eigenvalue weighted by atomic mass is 35.5. The van der Waals surface area contributed by atoms with Crippen LogP contribution in [0.3, 0.4) is 0 Å². The number of amides is 2. The molecule has 3 rings (SSSR count). The van der Waals surface area contributed by atoms with Crippen molar-refractivity contribution in [1.82, 2.24) is 5.32 Å². The lowest BCUT2D eigenvalue weighted by Crippen LogP contribution is -2.31. The highest BCUT2D eigenvalue weighted by Crippen LogP contribution is 2.23. The molecule has 2 aromatic carbocycles. The Morgan fingerprint density at radius 3 is 2.54 bits per heavy atom. The van der Waals surface area contributed by atoms with Gasteiger partial charge in [-0.15, -0.1) is 0 Å². The molecule has 2 amide bonds. The average Bonchev–Trinajstić information content (AvgIpc) is 3.12. The number of nitrogens with zero attached hydrogens (tertiary/aromatic N) is 1. The minimum atomic E-state index is -0.597. The molecule has 0 spiro atoms. The van der Waals surface area contributed by atoms with Crippen LogP contribution in [0.2, 0.25) is 5.02 Å². The Hall–Kier alpha value is -2.86. The van der Waals surface area contributed by atoms with Gasteiger partial charge in [-0.1, -0.05) is 29.8 Å². The van der Waals surface area contributed by atoms with Crippen LogP contribution in [0, 0.1) is 0 Å². The number of nitrogens with one attached hydrogen (secondary N) is 1. The third kappa shape index (κ3) is 4.70. The van der Waals surface area contributed by atoms with Gasteiger partial charge in [0.25, 0.3) is 5.91 Å². The zero-order valence-corrected chi connectivity index (χ0v) is 16.2. The second kappa shape index (κ2) is 8.89. The van der Waals surface area contributed by atoms with Crippen LogP contribution in [-0.2, 0) is 14.3 Å². The van der Waals surface area contributed by atoms with Gasteiger partial charge in [0.2, 0.25) is 5.91 Å². The minimum Gasteiger partial charge on any atom is -0.452 e. The van der Waals surface area contributed by atoms with Crippen molar-refractivity contribution in [2.45, 2.75) is 25.8 Å². The molecule has 1 fully saturated rings. The Morgan fingerprint density at radius 1 is 1.18 bits per heavy atom. The van der Waals surface area contributed by atoms with E-state index < -0.39 is 11.9 Å². The van der Waals surface area contributed by atoms with Crippen LogP contribution >= 0.6 is 11.6 Å². The van der Waals surface area contributed by atoms with E-state index in [4.69, 9.17) is 16.3 Å². The fourth-order valence-electron chi connectivity index (χ4n) is 3.10. The second-order valence-electron chi connectivity index (χ2n) is 6.58. The van der Waals surface area contributed by atoms with Crippen LogP contribution in [0.5, 0.6) is 0 Å². The minimum absolute atomic E-state index is 0.0830. The summed E-state index contributed by atoms with van der Waals surface area (Å²) in [6, 6.07) is 13.5. The van der Waals surface area contributed by atoms with Crippen LogP contribution in [0.4, 0.5) is 5.69 Å². The summed E-state index contributed by atoms with van der Waals surface area (Å²) < 4.78 is 5.08. The predicted octanol–water partition coefficient (Wildman–Crippen LogP) is 3.50. The molecule has 1 saturated heterocycles. The second-order valence-corrected chi connectivity index (χ2v) is 6.99. The fourth-order valence-corrected chi connectivity index (χ4v) is 3.40. The summed E-state index contributed by atoms with van der Waals surface area (Å²) >= 11 is 6.12. The predicted molar refractivity (Wildman–Crippen MR) is 106 cm³/mol.